The highest BCUT2D eigenvalue weighted by molar-refractivity contribution is 5.89. The van der Waals surface area contributed by atoms with Gasteiger partial charge in [-0.05, 0) is 53.5 Å². The highest BCUT2D eigenvalue weighted by Crippen LogP contribution is 2.27. The van der Waals surface area contributed by atoms with Gasteiger partial charge in [-0.25, -0.2) is 9.59 Å². The largest absolute Gasteiger partial charge is 0.458 e. The van der Waals surface area contributed by atoms with Crippen LogP contribution in [0.1, 0.15) is 47.1 Å². The third-order valence-corrected chi connectivity index (χ3v) is 3.94. The molecule has 0 bridgehead atoms. The number of rotatable bonds is 3. The number of cyclic esters (lactones) is 1. The number of carbonyl (C=O) groups is 3. The van der Waals surface area contributed by atoms with Crippen LogP contribution in [0.3, 0.4) is 0 Å². The second-order valence-electron chi connectivity index (χ2n) is 8.82. The molecule has 1 aliphatic rings. The first-order valence-corrected chi connectivity index (χ1v) is 9.30. The Morgan fingerprint density at radius 3 is 2.14 bits per heavy atom. The summed E-state index contributed by atoms with van der Waals surface area (Å²) in [6.45, 7) is 10.0. The molecule has 0 N–H and O–H groups in total. The van der Waals surface area contributed by atoms with Crippen molar-refractivity contribution >= 4 is 18.0 Å². The maximum Gasteiger partial charge on any atom is 0.413 e. The summed E-state index contributed by atoms with van der Waals surface area (Å²) in [6, 6.07) is 8.13. The topological polar surface area (TPSA) is 82.1 Å². The van der Waals surface area contributed by atoms with Crippen LogP contribution in [0, 0.1) is 5.92 Å². The van der Waals surface area contributed by atoms with E-state index < -0.39 is 41.2 Å². The van der Waals surface area contributed by atoms with Gasteiger partial charge in [0.25, 0.3) is 0 Å². The molecule has 28 heavy (non-hydrogen) atoms. The molecule has 1 fully saturated rings. The van der Waals surface area contributed by atoms with Crippen molar-refractivity contribution in [3.63, 3.8) is 0 Å². The number of benzene rings is 1. The van der Waals surface area contributed by atoms with Crippen molar-refractivity contribution in [1.82, 2.24) is 4.90 Å². The predicted octanol–water partition coefficient (Wildman–Crippen LogP) is 3.31. The standard InChI is InChI=1S/C21H29NO6/c1-20(2,3)27-18(24)16-15(12-14-10-8-7-9-11-14)17(23)26-13-22(16)19(25)28-21(4,5)6/h7-11,15-16H,12-13H2,1-6H3/t15-,16-/m0/s1. The van der Waals surface area contributed by atoms with Crippen molar-refractivity contribution in [2.75, 3.05) is 6.73 Å². The van der Waals surface area contributed by atoms with E-state index in [9.17, 15) is 14.4 Å². The first-order chi connectivity index (χ1) is 12.9. The number of amides is 1. The van der Waals surface area contributed by atoms with Crippen molar-refractivity contribution < 1.29 is 28.6 Å². The molecule has 1 aliphatic heterocycles. The van der Waals surface area contributed by atoms with Crippen molar-refractivity contribution in [2.24, 2.45) is 5.92 Å². The van der Waals surface area contributed by atoms with Crippen molar-refractivity contribution in [3.05, 3.63) is 35.9 Å². The molecule has 2 atom stereocenters. The Morgan fingerprint density at radius 1 is 1.04 bits per heavy atom. The van der Waals surface area contributed by atoms with E-state index in [0.717, 1.165) is 10.5 Å². The second-order valence-corrected chi connectivity index (χ2v) is 8.82. The highest BCUT2D eigenvalue weighted by atomic mass is 16.6. The van der Waals surface area contributed by atoms with E-state index in [-0.39, 0.29) is 13.2 Å². The molecule has 1 saturated heterocycles. The zero-order chi connectivity index (χ0) is 21.1. The zero-order valence-electron chi connectivity index (χ0n) is 17.4. The van der Waals surface area contributed by atoms with Gasteiger partial charge in [-0.15, -0.1) is 0 Å². The summed E-state index contributed by atoms with van der Waals surface area (Å²) in [5, 5.41) is 0. The van der Waals surface area contributed by atoms with Crippen LogP contribution in [0.25, 0.3) is 0 Å². The van der Waals surface area contributed by atoms with Crippen LogP contribution in [-0.4, -0.2) is 46.9 Å². The lowest BCUT2D eigenvalue weighted by Gasteiger charge is -2.39. The molecule has 7 heteroatoms. The van der Waals surface area contributed by atoms with Crippen molar-refractivity contribution in [3.8, 4) is 0 Å². The van der Waals surface area contributed by atoms with Crippen molar-refractivity contribution in [1.29, 1.82) is 0 Å². The van der Waals surface area contributed by atoms with Gasteiger partial charge in [0.2, 0.25) is 0 Å². The minimum atomic E-state index is -1.13. The Morgan fingerprint density at radius 2 is 1.61 bits per heavy atom. The van der Waals surface area contributed by atoms with Gasteiger partial charge in [0.15, 0.2) is 6.73 Å². The summed E-state index contributed by atoms with van der Waals surface area (Å²) >= 11 is 0. The molecule has 0 radical (unpaired) electrons. The molecule has 1 aromatic carbocycles. The van der Waals surface area contributed by atoms with Crippen LogP contribution < -0.4 is 0 Å². The number of esters is 2. The smallest absolute Gasteiger partial charge is 0.413 e. The molecule has 154 valence electrons. The van der Waals surface area contributed by atoms with Gasteiger partial charge in [0, 0.05) is 0 Å². The number of carbonyl (C=O) groups excluding carboxylic acids is 3. The summed E-state index contributed by atoms with van der Waals surface area (Å²) in [5.74, 6) is -2.09. The van der Waals surface area contributed by atoms with Crippen LogP contribution >= 0.6 is 0 Å². The Kier molecular flexibility index (Phi) is 6.37. The molecule has 0 aliphatic carbocycles. The Labute approximate surface area is 165 Å². The Balaban J connectivity index is 2.36. The van der Waals surface area contributed by atoms with Crippen LogP contribution in [0.4, 0.5) is 4.79 Å². The number of nitrogens with zero attached hydrogens (tertiary/aromatic N) is 1. The SMILES string of the molecule is CC(C)(C)OC(=O)[C@@H]1[C@H](Cc2ccccc2)C(=O)OCN1C(=O)OC(C)(C)C. The van der Waals surface area contributed by atoms with E-state index in [4.69, 9.17) is 14.2 Å². The number of hydrogen-bond donors (Lipinski definition) is 0. The van der Waals surface area contributed by atoms with E-state index in [1.807, 2.05) is 30.3 Å². The molecule has 0 spiro atoms. The second kappa shape index (κ2) is 8.20. The van der Waals surface area contributed by atoms with Crippen LogP contribution in [-0.2, 0) is 30.2 Å². The molecular weight excluding hydrogens is 362 g/mol. The van der Waals surface area contributed by atoms with E-state index in [2.05, 4.69) is 0 Å². The average Bonchev–Trinajstić information content (AvgIpc) is 2.54. The molecule has 7 nitrogen and oxygen atoms in total. The third-order valence-electron chi connectivity index (χ3n) is 3.94. The van der Waals surface area contributed by atoms with Crippen LogP contribution in [0.2, 0.25) is 0 Å². The summed E-state index contributed by atoms with van der Waals surface area (Å²) in [7, 11) is 0. The minimum Gasteiger partial charge on any atom is -0.458 e. The molecule has 1 heterocycles. The average molecular weight is 391 g/mol. The molecule has 0 saturated carbocycles. The fraction of sp³-hybridized carbons (Fsp3) is 0.571. The van der Waals surface area contributed by atoms with Gasteiger partial charge in [0.1, 0.15) is 17.2 Å². The number of hydrogen-bond acceptors (Lipinski definition) is 6. The Bertz CT molecular complexity index is 717. The van der Waals surface area contributed by atoms with Crippen molar-refractivity contribution in [2.45, 2.75) is 65.2 Å². The van der Waals surface area contributed by atoms with Gasteiger partial charge in [-0.3, -0.25) is 9.69 Å². The first kappa shape index (κ1) is 21.7. The molecule has 0 aromatic heterocycles. The predicted molar refractivity (Wildman–Crippen MR) is 102 cm³/mol. The first-order valence-electron chi connectivity index (χ1n) is 9.30. The lowest BCUT2D eigenvalue weighted by Crippen LogP contribution is -2.59. The minimum absolute atomic E-state index is 0.239. The number of ether oxygens (including phenoxy) is 3. The van der Waals surface area contributed by atoms with E-state index >= 15 is 0 Å². The quantitative estimate of drug-likeness (QED) is 0.581. The monoisotopic (exact) mass is 391 g/mol. The lowest BCUT2D eigenvalue weighted by atomic mass is 9.90. The van der Waals surface area contributed by atoms with Crippen LogP contribution in [0.5, 0.6) is 0 Å². The summed E-state index contributed by atoms with van der Waals surface area (Å²) in [4.78, 5) is 39.3. The maximum absolute atomic E-state index is 13.0. The fourth-order valence-electron chi connectivity index (χ4n) is 2.87. The van der Waals surface area contributed by atoms with E-state index in [0.29, 0.717) is 0 Å². The molecule has 1 aromatic rings. The van der Waals surface area contributed by atoms with Gasteiger partial charge in [0.05, 0.1) is 5.92 Å². The normalized spacial score (nSPS) is 20.4. The van der Waals surface area contributed by atoms with Crippen LogP contribution in [0.15, 0.2) is 30.3 Å². The molecule has 2 rings (SSSR count). The fourth-order valence-corrected chi connectivity index (χ4v) is 2.87. The van der Waals surface area contributed by atoms with Gasteiger partial charge < -0.3 is 14.2 Å². The van der Waals surface area contributed by atoms with E-state index in [1.54, 1.807) is 41.5 Å². The maximum atomic E-state index is 13.0. The van der Waals surface area contributed by atoms with Gasteiger partial charge in [-0.1, -0.05) is 30.3 Å². The zero-order valence-corrected chi connectivity index (χ0v) is 17.4. The van der Waals surface area contributed by atoms with Gasteiger partial charge >= 0.3 is 18.0 Å². The highest BCUT2D eigenvalue weighted by Gasteiger charge is 2.48. The summed E-state index contributed by atoms with van der Waals surface area (Å²) < 4.78 is 16.1. The molecule has 0 unspecified atom stereocenters. The Hall–Kier alpha value is -2.57. The molecular formula is C21H29NO6. The van der Waals surface area contributed by atoms with E-state index in [1.165, 1.54) is 0 Å². The molecule has 1 amide bonds. The third kappa shape index (κ3) is 5.97. The summed E-state index contributed by atoms with van der Waals surface area (Å²) in [6.07, 6.45) is -0.489. The summed E-state index contributed by atoms with van der Waals surface area (Å²) in [5.41, 5.74) is -0.676. The lowest BCUT2D eigenvalue weighted by molar-refractivity contribution is -0.184. The van der Waals surface area contributed by atoms with Gasteiger partial charge in [-0.2, -0.15) is 0 Å².